The average molecular weight is 443 g/mol. The molecule has 7 nitrogen and oxygen atoms in total. The van der Waals surface area contributed by atoms with Crippen LogP contribution in [0.3, 0.4) is 0 Å². The number of ether oxygens (including phenoxy) is 1. The number of carbonyl (C=O) groups excluding carboxylic acids is 1. The summed E-state index contributed by atoms with van der Waals surface area (Å²) in [6.45, 7) is 5.50. The minimum Gasteiger partial charge on any atom is -0.508 e. The fourth-order valence-corrected chi connectivity index (χ4v) is 3.93. The summed E-state index contributed by atoms with van der Waals surface area (Å²) in [7, 11) is 0. The summed E-state index contributed by atoms with van der Waals surface area (Å²) in [4.78, 5) is 12.7. The van der Waals surface area contributed by atoms with Crippen LogP contribution in [0.1, 0.15) is 74.0 Å². The van der Waals surface area contributed by atoms with Crippen LogP contribution in [0.15, 0.2) is 35.9 Å². The Labute approximate surface area is 187 Å². The molecule has 32 heavy (non-hydrogen) atoms. The minimum atomic E-state index is -0.749. The number of benzene rings is 2. The molecular formula is C25H30O7. The summed E-state index contributed by atoms with van der Waals surface area (Å²) in [5, 5.41) is 50.2. The minimum absolute atomic E-state index is 0.0196. The number of hydrogen-bond donors (Lipinski definition) is 5. The van der Waals surface area contributed by atoms with Gasteiger partial charge in [0.15, 0.2) is 17.3 Å². The van der Waals surface area contributed by atoms with Crippen LogP contribution in [0.4, 0.5) is 0 Å². The molecule has 0 radical (unpaired) electrons. The number of hydrogen-bond acceptors (Lipinski definition) is 7. The Hall–Kier alpha value is -3.19. The Morgan fingerprint density at radius 1 is 1.16 bits per heavy atom. The molecule has 1 atom stereocenters. The van der Waals surface area contributed by atoms with Gasteiger partial charge in [-0.3, -0.25) is 4.79 Å². The molecule has 0 aliphatic carbocycles. The molecule has 3 rings (SSSR count). The fraction of sp³-hybridized carbons (Fsp3) is 0.400. The lowest BCUT2D eigenvalue weighted by molar-refractivity contribution is 0.0689. The van der Waals surface area contributed by atoms with Crippen molar-refractivity contribution in [2.75, 3.05) is 0 Å². The summed E-state index contributed by atoms with van der Waals surface area (Å²) >= 11 is 0. The van der Waals surface area contributed by atoms with Crippen molar-refractivity contribution < 1.29 is 35.1 Å². The number of rotatable bonds is 7. The largest absolute Gasteiger partial charge is 0.508 e. The van der Waals surface area contributed by atoms with Crippen molar-refractivity contribution in [3.05, 3.63) is 52.6 Å². The van der Waals surface area contributed by atoms with Crippen LogP contribution in [0.5, 0.6) is 28.7 Å². The normalized spacial score (nSPS) is 16.6. The Balaban J connectivity index is 1.86. The zero-order valence-electron chi connectivity index (χ0n) is 18.6. The van der Waals surface area contributed by atoms with Crippen LogP contribution in [0, 0.1) is 0 Å². The van der Waals surface area contributed by atoms with Crippen molar-refractivity contribution in [2.45, 2.75) is 64.6 Å². The van der Waals surface area contributed by atoms with Gasteiger partial charge in [-0.1, -0.05) is 17.7 Å². The molecule has 5 N–H and O–H groups in total. The molecule has 2 aromatic carbocycles. The van der Waals surface area contributed by atoms with E-state index in [-0.39, 0.29) is 46.5 Å². The summed E-state index contributed by atoms with van der Waals surface area (Å²) < 4.78 is 5.91. The number of Topliss-reactive ketones (excluding diaryl/α,β-unsaturated/α-hetero) is 1. The first kappa shape index (κ1) is 23.5. The lowest BCUT2D eigenvalue weighted by Crippen LogP contribution is -2.21. The van der Waals surface area contributed by atoms with Gasteiger partial charge in [-0.05, 0) is 52.5 Å². The van der Waals surface area contributed by atoms with Gasteiger partial charge >= 0.3 is 0 Å². The van der Waals surface area contributed by atoms with Gasteiger partial charge in [-0.15, -0.1) is 0 Å². The molecular weight excluding hydrogens is 412 g/mol. The van der Waals surface area contributed by atoms with Crippen LogP contribution in [0.2, 0.25) is 0 Å². The number of carbonyl (C=O) groups is 1. The molecule has 0 amide bonds. The molecule has 0 spiro atoms. The van der Waals surface area contributed by atoms with E-state index in [1.54, 1.807) is 19.9 Å². The first-order valence-electron chi connectivity index (χ1n) is 10.6. The van der Waals surface area contributed by atoms with Gasteiger partial charge < -0.3 is 30.3 Å². The van der Waals surface area contributed by atoms with Crippen LogP contribution < -0.4 is 4.74 Å². The molecule has 1 heterocycles. The number of ketones is 1. The smallest absolute Gasteiger partial charge is 0.174 e. The third-order valence-corrected chi connectivity index (χ3v) is 5.64. The van der Waals surface area contributed by atoms with Crippen LogP contribution >= 0.6 is 0 Å². The van der Waals surface area contributed by atoms with Crippen LogP contribution in [-0.4, -0.2) is 36.9 Å². The summed E-state index contributed by atoms with van der Waals surface area (Å²) in [5.41, 5.74) is 1.36. The van der Waals surface area contributed by atoms with Gasteiger partial charge in [0, 0.05) is 23.3 Å². The van der Waals surface area contributed by atoms with E-state index >= 15 is 0 Å². The highest BCUT2D eigenvalue weighted by molar-refractivity contribution is 6.02. The van der Waals surface area contributed by atoms with E-state index in [4.69, 9.17) is 4.74 Å². The van der Waals surface area contributed by atoms with Crippen molar-refractivity contribution in [3.63, 3.8) is 0 Å². The first-order valence-corrected chi connectivity index (χ1v) is 10.6. The van der Waals surface area contributed by atoms with Crippen LogP contribution in [-0.2, 0) is 6.42 Å². The van der Waals surface area contributed by atoms with Gasteiger partial charge in [0.05, 0.1) is 12.0 Å². The molecule has 0 aromatic heterocycles. The van der Waals surface area contributed by atoms with E-state index in [1.165, 1.54) is 12.1 Å². The highest BCUT2D eigenvalue weighted by Crippen LogP contribution is 2.44. The maximum Gasteiger partial charge on any atom is 0.174 e. The van der Waals surface area contributed by atoms with Crippen molar-refractivity contribution in [1.82, 2.24) is 0 Å². The molecule has 0 fully saturated rings. The molecule has 2 aromatic rings. The highest BCUT2D eigenvalue weighted by Gasteiger charge is 2.32. The standard InChI is InChI=1S/C25H30O7/c1-14(5-4-10-25(2,3)31)6-7-17-16(8-9-18(27)24(17)30)21-13-20(29)23-19(28)11-15(26)12-22(23)32-21/h6,8-9,11-12,21,26-28,30-31H,4-5,7,10,13H2,1-3H3/b14-6+. The second-order valence-corrected chi connectivity index (χ2v) is 8.99. The maximum absolute atomic E-state index is 12.7. The van der Waals surface area contributed by atoms with E-state index in [9.17, 15) is 30.3 Å². The van der Waals surface area contributed by atoms with E-state index in [2.05, 4.69) is 0 Å². The van der Waals surface area contributed by atoms with Gasteiger partial charge in [-0.2, -0.15) is 0 Å². The number of phenolic OH excluding ortho intramolecular Hbond substituents is 4. The predicted octanol–water partition coefficient (Wildman–Crippen LogP) is 4.65. The summed E-state index contributed by atoms with van der Waals surface area (Å²) in [5.74, 6) is -1.39. The van der Waals surface area contributed by atoms with Crippen LogP contribution in [0.25, 0.3) is 0 Å². The van der Waals surface area contributed by atoms with Gasteiger partial charge in [0.25, 0.3) is 0 Å². The second-order valence-electron chi connectivity index (χ2n) is 8.99. The summed E-state index contributed by atoms with van der Waals surface area (Å²) in [6, 6.07) is 5.31. The first-order chi connectivity index (χ1) is 15.0. The fourth-order valence-electron chi connectivity index (χ4n) is 3.93. The number of fused-ring (bicyclic) bond motifs is 1. The Kier molecular flexibility index (Phi) is 6.69. The lowest BCUT2D eigenvalue weighted by Gasteiger charge is -2.28. The molecule has 0 bridgehead atoms. The topological polar surface area (TPSA) is 127 Å². The molecule has 1 unspecified atom stereocenters. The maximum atomic E-state index is 12.7. The zero-order valence-corrected chi connectivity index (χ0v) is 18.6. The van der Waals surface area contributed by atoms with Crippen molar-refractivity contribution in [3.8, 4) is 28.7 Å². The number of aromatic hydroxyl groups is 4. The third kappa shape index (κ3) is 5.34. The average Bonchev–Trinajstić information content (AvgIpc) is 2.67. The number of phenols is 4. The third-order valence-electron chi connectivity index (χ3n) is 5.64. The van der Waals surface area contributed by atoms with Gasteiger partial charge in [-0.25, -0.2) is 0 Å². The molecule has 1 aliphatic heterocycles. The number of allylic oxidation sites excluding steroid dienone is 2. The molecule has 0 saturated heterocycles. The van der Waals surface area contributed by atoms with E-state index in [0.717, 1.165) is 24.5 Å². The molecule has 7 heteroatoms. The van der Waals surface area contributed by atoms with E-state index in [0.29, 0.717) is 24.0 Å². The Morgan fingerprint density at radius 2 is 1.88 bits per heavy atom. The highest BCUT2D eigenvalue weighted by atomic mass is 16.5. The van der Waals surface area contributed by atoms with Gasteiger partial charge in [0.1, 0.15) is 28.9 Å². The second kappa shape index (κ2) is 9.12. The molecule has 0 saturated carbocycles. The monoisotopic (exact) mass is 442 g/mol. The van der Waals surface area contributed by atoms with Crippen molar-refractivity contribution >= 4 is 5.78 Å². The predicted molar refractivity (Wildman–Crippen MR) is 119 cm³/mol. The zero-order chi connectivity index (χ0) is 23.6. The summed E-state index contributed by atoms with van der Waals surface area (Å²) in [6.07, 6.45) is 3.71. The van der Waals surface area contributed by atoms with Crippen molar-refractivity contribution in [1.29, 1.82) is 0 Å². The molecule has 172 valence electrons. The molecule has 1 aliphatic rings. The quantitative estimate of drug-likeness (QED) is 0.312. The Morgan fingerprint density at radius 3 is 2.56 bits per heavy atom. The van der Waals surface area contributed by atoms with E-state index < -0.39 is 11.7 Å². The number of aliphatic hydroxyl groups is 1. The SMILES string of the molecule is C/C(=C\Cc1c(C2CC(=O)c3c(O)cc(O)cc3O2)ccc(O)c1O)CCCC(C)(C)O. The van der Waals surface area contributed by atoms with E-state index in [1.807, 2.05) is 13.0 Å². The van der Waals surface area contributed by atoms with Crippen molar-refractivity contribution in [2.24, 2.45) is 0 Å². The Bertz CT molecular complexity index is 1050. The van der Waals surface area contributed by atoms with Gasteiger partial charge in [0.2, 0.25) is 0 Å². The lowest BCUT2D eigenvalue weighted by atomic mass is 9.90.